The zero-order valence-corrected chi connectivity index (χ0v) is 22.2. The lowest BCUT2D eigenvalue weighted by Crippen LogP contribution is -2.32. The number of anilines is 2. The van der Waals surface area contributed by atoms with Gasteiger partial charge in [-0.05, 0) is 48.5 Å². The molecule has 0 saturated heterocycles. The Morgan fingerprint density at radius 2 is 0.925 bits per heavy atom. The van der Waals surface area contributed by atoms with Crippen molar-refractivity contribution in [3.63, 3.8) is 0 Å². The van der Waals surface area contributed by atoms with Crippen molar-refractivity contribution in [2.75, 3.05) is 16.9 Å². The molecule has 6 nitrogen and oxygen atoms in total. The number of benzene rings is 4. The summed E-state index contributed by atoms with van der Waals surface area (Å²) in [6.45, 7) is 0.444. The van der Waals surface area contributed by atoms with Crippen LogP contribution in [-0.4, -0.2) is 23.9 Å². The highest BCUT2D eigenvalue weighted by Crippen LogP contribution is 2.25. The summed E-state index contributed by atoms with van der Waals surface area (Å²) in [7, 11) is 1.59. The smallest absolute Gasteiger partial charge is 0.258 e. The van der Waals surface area contributed by atoms with Crippen molar-refractivity contribution in [1.82, 2.24) is 4.98 Å². The van der Waals surface area contributed by atoms with Crippen LogP contribution in [0.15, 0.2) is 133 Å². The zero-order valence-electron chi connectivity index (χ0n) is 22.2. The molecule has 6 heteroatoms. The number of carbonyl (C=O) groups is 2. The lowest BCUT2D eigenvalue weighted by molar-refractivity contribution is 0.0978. The number of nitrogens with zero attached hydrogens (tertiary/aromatic N) is 3. The van der Waals surface area contributed by atoms with Crippen molar-refractivity contribution in [3.05, 3.63) is 156 Å². The van der Waals surface area contributed by atoms with Gasteiger partial charge in [0.05, 0.1) is 31.6 Å². The fourth-order valence-corrected chi connectivity index (χ4v) is 4.47. The largest absolute Gasteiger partial charge is 0.497 e. The fourth-order valence-electron chi connectivity index (χ4n) is 4.47. The number of carbonyl (C=O) groups excluding carboxylic acids is 2. The lowest BCUT2D eigenvalue weighted by Gasteiger charge is -2.25. The number of rotatable bonds is 9. The highest BCUT2D eigenvalue weighted by molar-refractivity contribution is 6.06. The number of aromatic nitrogens is 1. The number of hydrogen-bond donors (Lipinski definition) is 0. The van der Waals surface area contributed by atoms with Crippen molar-refractivity contribution >= 4 is 23.2 Å². The summed E-state index contributed by atoms with van der Waals surface area (Å²) in [6, 6.07) is 41.0. The maximum absolute atomic E-state index is 13.6. The second kappa shape index (κ2) is 12.5. The highest BCUT2D eigenvalue weighted by Gasteiger charge is 2.22. The standard InChI is InChI=1S/C34H29N3O3/c1-40-32-22-28(24-36(30-18-10-4-11-19-30)33(38)26-14-6-2-7-15-26)35-29(23-32)25-37(31-20-12-5-13-21-31)34(39)27-16-8-3-9-17-27/h2-23H,24-25H2,1H3. The Morgan fingerprint density at radius 3 is 1.27 bits per heavy atom. The second-order valence-corrected chi connectivity index (χ2v) is 9.18. The van der Waals surface area contributed by atoms with Gasteiger partial charge in [-0.15, -0.1) is 0 Å². The molecule has 0 radical (unpaired) electrons. The molecule has 0 atom stereocenters. The third-order valence-corrected chi connectivity index (χ3v) is 6.45. The normalized spacial score (nSPS) is 10.5. The van der Waals surface area contributed by atoms with Crippen LogP contribution in [0, 0.1) is 0 Å². The molecule has 1 aromatic heterocycles. The minimum absolute atomic E-state index is 0.136. The van der Waals surface area contributed by atoms with Crippen molar-refractivity contribution in [2.24, 2.45) is 0 Å². The molecule has 0 saturated carbocycles. The minimum Gasteiger partial charge on any atom is -0.497 e. The van der Waals surface area contributed by atoms with E-state index in [0.717, 1.165) is 11.4 Å². The molecule has 2 amide bonds. The van der Waals surface area contributed by atoms with Crippen LogP contribution in [0.4, 0.5) is 11.4 Å². The molecule has 5 rings (SSSR count). The molecule has 0 aliphatic rings. The van der Waals surface area contributed by atoms with Gasteiger partial charge in [0.15, 0.2) is 0 Å². The van der Waals surface area contributed by atoms with Crippen molar-refractivity contribution < 1.29 is 14.3 Å². The third-order valence-electron chi connectivity index (χ3n) is 6.45. The van der Waals surface area contributed by atoms with Crippen LogP contribution in [-0.2, 0) is 13.1 Å². The first-order chi connectivity index (χ1) is 19.6. The predicted octanol–water partition coefficient (Wildman–Crippen LogP) is 6.78. The van der Waals surface area contributed by atoms with E-state index >= 15 is 0 Å². The second-order valence-electron chi connectivity index (χ2n) is 9.18. The zero-order chi connectivity index (χ0) is 27.7. The fraction of sp³-hybridized carbons (Fsp3) is 0.0882. The molecule has 198 valence electrons. The van der Waals surface area contributed by atoms with Gasteiger partial charge in [0.2, 0.25) is 0 Å². The first-order valence-corrected chi connectivity index (χ1v) is 13.0. The number of methoxy groups -OCH3 is 1. The Hall–Kier alpha value is -5.23. The number of pyridine rings is 1. The van der Waals surface area contributed by atoms with Crippen LogP contribution in [0.5, 0.6) is 5.75 Å². The third kappa shape index (κ3) is 6.25. The summed E-state index contributed by atoms with van der Waals surface area (Å²) >= 11 is 0. The van der Waals surface area contributed by atoms with E-state index in [1.54, 1.807) is 41.2 Å². The molecular formula is C34H29N3O3. The number of amides is 2. The maximum Gasteiger partial charge on any atom is 0.258 e. The van der Waals surface area contributed by atoms with E-state index in [-0.39, 0.29) is 24.9 Å². The summed E-state index contributed by atoms with van der Waals surface area (Å²) in [5.74, 6) is 0.326. The molecule has 40 heavy (non-hydrogen) atoms. The van der Waals surface area contributed by atoms with Crippen molar-refractivity contribution in [2.45, 2.75) is 13.1 Å². The molecule has 0 bridgehead atoms. The molecule has 5 aromatic rings. The van der Waals surface area contributed by atoms with E-state index in [0.29, 0.717) is 28.3 Å². The molecular weight excluding hydrogens is 498 g/mol. The summed E-state index contributed by atoms with van der Waals surface area (Å²) in [4.78, 5) is 35.5. The Bertz CT molecular complexity index is 1440. The van der Waals surface area contributed by atoms with Gasteiger partial charge in [-0.1, -0.05) is 72.8 Å². The highest BCUT2D eigenvalue weighted by atomic mass is 16.5. The number of para-hydroxylation sites is 2. The first kappa shape index (κ1) is 26.4. The van der Waals surface area contributed by atoms with Gasteiger partial charge in [0, 0.05) is 34.6 Å². The summed E-state index contributed by atoms with van der Waals surface area (Å²) in [5, 5.41) is 0. The lowest BCUT2D eigenvalue weighted by atomic mass is 10.1. The van der Waals surface area contributed by atoms with Gasteiger partial charge in [0.25, 0.3) is 11.8 Å². The Labute approximate surface area is 234 Å². The number of hydrogen-bond acceptors (Lipinski definition) is 4. The Kier molecular flexibility index (Phi) is 8.27. The first-order valence-electron chi connectivity index (χ1n) is 13.0. The van der Waals surface area contributed by atoms with Gasteiger partial charge < -0.3 is 14.5 Å². The van der Waals surface area contributed by atoms with Crippen LogP contribution in [0.1, 0.15) is 32.1 Å². The van der Waals surface area contributed by atoms with Crippen LogP contribution < -0.4 is 14.5 Å². The molecule has 0 spiro atoms. The molecule has 0 N–H and O–H groups in total. The van der Waals surface area contributed by atoms with E-state index in [1.165, 1.54) is 0 Å². The van der Waals surface area contributed by atoms with Crippen LogP contribution in [0.2, 0.25) is 0 Å². The van der Waals surface area contributed by atoms with E-state index in [1.807, 2.05) is 109 Å². The quantitative estimate of drug-likeness (QED) is 0.212. The van der Waals surface area contributed by atoms with Crippen LogP contribution in [0.3, 0.4) is 0 Å². The summed E-state index contributed by atoms with van der Waals surface area (Å²) in [5.41, 5.74) is 3.96. The van der Waals surface area contributed by atoms with Gasteiger partial charge >= 0.3 is 0 Å². The average molecular weight is 528 g/mol. The summed E-state index contributed by atoms with van der Waals surface area (Å²) < 4.78 is 5.61. The van der Waals surface area contributed by atoms with E-state index in [9.17, 15) is 9.59 Å². The minimum atomic E-state index is -0.136. The molecule has 1 heterocycles. The summed E-state index contributed by atoms with van der Waals surface area (Å²) in [6.07, 6.45) is 0. The Balaban J connectivity index is 1.50. The van der Waals surface area contributed by atoms with E-state index < -0.39 is 0 Å². The van der Waals surface area contributed by atoms with Gasteiger partial charge in [-0.2, -0.15) is 0 Å². The molecule has 0 aliphatic heterocycles. The molecule has 0 fully saturated rings. The SMILES string of the molecule is COc1cc(CN(C(=O)c2ccccc2)c2ccccc2)nc(CN(C(=O)c2ccccc2)c2ccccc2)c1. The van der Waals surface area contributed by atoms with E-state index in [2.05, 4.69) is 0 Å². The van der Waals surface area contributed by atoms with Gasteiger partial charge in [-0.25, -0.2) is 0 Å². The topological polar surface area (TPSA) is 62.7 Å². The monoisotopic (exact) mass is 527 g/mol. The van der Waals surface area contributed by atoms with E-state index in [4.69, 9.17) is 9.72 Å². The molecule has 0 aliphatic carbocycles. The van der Waals surface area contributed by atoms with Crippen molar-refractivity contribution in [1.29, 1.82) is 0 Å². The van der Waals surface area contributed by atoms with Crippen LogP contribution in [0.25, 0.3) is 0 Å². The Morgan fingerprint density at radius 1 is 0.575 bits per heavy atom. The van der Waals surface area contributed by atoms with Crippen molar-refractivity contribution in [3.8, 4) is 5.75 Å². The maximum atomic E-state index is 13.6. The van der Waals surface area contributed by atoms with Gasteiger partial charge in [-0.3, -0.25) is 14.6 Å². The molecule has 0 unspecified atom stereocenters. The van der Waals surface area contributed by atoms with Gasteiger partial charge in [0.1, 0.15) is 5.75 Å². The number of ether oxygens (including phenoxy) is 1. The predicted molar refractivity (Wildman–Crippen MR) is 158 cm³/mol. The van der Waals surface area contributed by atoms with Crippen LogP contribution >= 0.6 is 0 Å². The molecule has 4 aromatic carbocycles. The average Bonchev–Trinajstić information content (AvgIpc) is 3.03.